The molecule has 0 spiro atoms. The second-order valence-corrected chi connectivity index (χ2v) is 10.2. The number of nitrogens with one attached hydrogen (secondary N) is 1. The lowest BCUT2D eigenvalue weighted by Crippen LogP contribution is -2.36. The molecular weight excluding hydrogens is 454 g/mol. The number of ether oxygens (including phenoxy) is 1. The Balaban J connectivity index is 1.24. The number of nitrogens with zero attached hydrogens (tertiary/aromatic N) is 4. The maximum Gasteiger partial charge on any atom is 0.254 e. The molecular formula is C28H37N5O3. The van der Waals surface area contributed by atoms with Crippen LogP contribution in [0.1, 0.15) is 55.8 Å². The molecule has 3 aromatic rings. The van der Waals surface area contributed by atoms with Crippen LogP contribution in [0.3, 0.4) is 0 Å². The van der Waals surface area contributed by atoms with Gasteiger partial charge in [-0.1, -0.05) is 0 Å². The molecule has 0 radical (unpaired) electrons. The molecule has 1 saturated heterocycles. The van der Waals surface area contributed by atoms with Gasteiger partial charge in [0.15, 0.2) is 0 Å². The summed E-state index contributed by atoms with van der Waals surface area (Å²) in [5.41, 5.74) is 3.62. The minimum absolute atomic E-state index is 0.0423. The molecule has 36 heavy (non-hydrogen) atoms. The highest BCUT2D eigenvalue weighted by atomic mass is 16.5. The van der Waals surface area contributed by atoms with Gasteiger partial charge in [0.2, 0.25) is 0 Å². The number of aliphatic hydroxyl groups is 1. The summed E-state index contributed by atoms with van der Waals surface area (Å²) in [6, 6.07) is 8.09. The van der Waals surface area contributed by atoms with Crippen molar-refractivity contribution in [3.8, 4) is 0 Å². The van der Waals surface area contributed by atoms with Crippen LogP contribution in [0, 0.1) is 6.92 Å². The molecule has 2 fully saturated rings. The summed E-state index contributed by atoms with van der Waals surface area (Å²) in [6.45, 7) is 6.78. The van der Waals surface area contributed by atoms with Crippen molar-refractivity contribution in [2.45, 2.75) is 64.0 Å². The predicted molar refractivity (Wildman–Crippen MR) is 142 cm³/mol. The first-order valence-electron chi connectivity index (χ1n) is 13.3. The summed E-state index contributed by atoms with van der Waals surface area (Å²) in [4.78, 5) is 24.8. The van der Waals surface area contributed by atoms with Crippen LogP contribution in [0.15, 0.2) is 41.5 Å². The number of aromatic nitrogens is 3. The maximum atomic E-state index is 13.1. The van der Waals surface area contributed by atoms with E-state index in [2.05, 4.69) is 26.3 Å². The second kappa shape index (κ2) is 11.5. The van der Waals surface area contributed by atoms with Crippen LogP contribution in [-0.2, 0) is 11.2 Å². The highest BCUT2D eigenvalue weighted by Gasteiger charge is 2.23. The smallest absolute Gasteiger partial charge is 0.254 e. The predicted octanol–water partition coefficient (Wildman–Crippen LogP) is 3.97. The van der Waals surface area contributed by atoms with E-state index in [0.29, 0.717) is 5.82 Å². The maximum absolute atomic E-state index is 13.1. The number of anilines is 2. The topological polar surface area (TPSA) is 92.5 Å². The molecule has 4 heterocycles. The molecule has 0 unspecified atom stereocenters. The van der Waals surface area contributed by atoms with Gasteiger partial charge in [0.25, 0.3) is 5.56 Å². The molecule has 2 N–H and O–H groups in total. The van der Waals surface area contributed by atoms with Gasteiger partial charge in [-0.25, -0.2) is 4.98 Å². The largest absolute Gasteiger partial charge is 0.393 e. The van der Waals surface area contributed by atoms with E-state index >= 15 is 0 Å². The average Bonchev–Trinajstić information content (AvgIpc) is 2.90. The standard InChI is InChI=1S/C28H37N5O3/c1-20-16-21-18-30-27(17-26(21)33(28(20)35)24-7-9-25(34)10-8-24)31-23-6-5-22(29-19-23)4-2-3-11-32-12-14-36-15-13-32/h5-6,16-19,24-25,34H,2-4,7-15H2,1H3,(H,30,31). The van der Waals surface area contributed by atoms with Crippen LogP contribution in [0.2, 0.25) is 0 Å². The summed E-state index contributed by atoms with van der Waals surface area (Å²) >= 11 is 0. The molecule has 1 aliphatic carbocycles. The lowest BCUT2D eigenvalue weighted by atomic mass is 9.92. The third-order valence-corrected chi connectivity index (χ3v) is 7.49. The lowest BCUT2D eigenvalue weighted by molar-refractivity contribution is 0.0372. The Labute approximate surface area is 212 Å². The van der Waals surface area contributed by atoms with Crippen molar-refractivity contribution in [2.75, 3.05) is 38.2 Å². The summed E-state index contributed by atoms with van der Waals surface area (Å²) in [7, 11) is 0. The van der Waals surface area contributed by atoms with Gasteiger partial charge in [-0.15, -0.1) is 0 Å². The quantitative estimate of drug-likeness (QED) is 0.461. The summed E-state index contributed by atoms with van der Waals surface area (Å²) in [5, 5.41) is 14.2. The fourth-order valence-corrected chi connectivity index (χ4v) is 5.38. The summed E-state index contributed by atoms with van der Waals surface area (Å²) in [6.07, 6.45) is 9.77. The van der Waals surface area contributed by atoms with Gasteiger partial charge in [0, 0.05) is 48.0 Å². The minimum atomic E-state index is -0.257. The normalized spacial score (nSPS) is 21.1. The Morgan fingerprint density at radius 1 is 1.06 bits per heavy atom. The van der Waals surface area contributed by atoms with E-state index in [1.54, 1.807) is 0 Å². The molecule has 0 amide bonds. The van der Waals surface area contributed by atoms with Gasteiger partial charge >= 0.3 is 0 Å². The van der Waals surface area contributed by atoms with Gasteiger partial charge in [-0.05, 0) is 76.6 Å². The van der Waals surface area contributed by atoms with Crippen molar-refractivity contribution in [2.24, 2.45) is 0 Å². The van der Waals surface area contributed by atoms with E-state index < -0.39 is 0 Å². The molecule has 0 aromatic carbocycles. The van der Waals surface area contributed by atoms with Crippen LogP contribution in [-0.4, -0.2) is 63.5 Å². The number of pyridine rings is 3. The first-order chi connectivity index (χ1) is 17.6. The van der Waals surface area contributed by atoms with E-state index in [1.165, 1.54) is 6.42 Å². The van der Waals surface area contributed by atoms with Gasteiger partial charge in [-0.2, -0.15) is 0 Å². The number of aliphatic hydroxyl groups excluding tert-OH is 1. The van der Waals surface area contributed by atoms with Crippen molar-refractivity contribution in [3.05, 3.63) is 58.3 Å². The fraction of sp³-hybridized carbons (Fsp3) is 0.536. The molecule has 0 atom stereocenters. The number of fused-ring (bicyclic) bond motifs is 1. The zero-order valence-electron chi connectivity index (χ0n) is 21.2. The van der Waals surface area contributed by atoms with Crippen LogP contribution >= 0.6 is 0 Å². The van der Waals surface area contributed by atoms with Crippen LogP contribution < -0.4 is 10.9 Å². The fourth-order valence-electron chi connectivity index (χ4n) is 5.38. The lowest BCUT2D eigenvalue weighted by Gasteiger charge is -2.28. The van der Waals surface area contributed by atoms with Crippen molar-refractivity contribution in [3.63, 3.8) is 0 Å². The SMILES string of the molecule is Cc1cc2cnc(Nc3ccc(CCCCN4CCOCC4)nc3)cc2n(C2CCC(O)CC2)c1=O. The van der Waals surface area contributed by atoms with E-state index in [-0.39, 0.29) is 17.7 Å². The molecule has 1 aliphatic heterocycles. The average molecular weight is 492 g/mol. The van der Waals surface area contributed by atoms with Crippen LogP contribution in [0.5, 0.6) is 0 Å². The zero-order chi connectivity index (χ0) is 24.9. The summed E-state index contributed by atoms with van der Waals surface area (Å²) < 4.78 is 7.33. The Kier molecular flexibility index (Phi) is 7.94. The Hall–Kier alpha value is -2.81. The molecule has 1 saturated carbocycles. The van der Waals surface area contributed by atoms with E-state index in [0.717, 1.165) is 99.2 Å². The molecule has 5 rings (SSSR count). The van der Waals surface area contributed by atoms with E-state index in [9.17, 15) is 9.90 Å². The van der Waals surface area contributed by atoms with E-state index in [1.807, 2.05) is 42.1 Å². The highest BCUT2D eigenvalue weighted by Crippen LogP contribution is 2.31. The van der Waals surface area contributed by atoms with Gasteiger partial charge in [-0.3, -0.25) is 14.7 Å². The molecule has 3 aromatic heterocycles. The number of hydrogen-bond acceptors (Lipinski definition) is 7. The third kappa shape index (κ3) is 5.94. The minimum Gasteiger partial charge on any atom is -0.393 e. The first kappa shape index (κ1) is 24.9. The Morgan fingerprint density at radius 3 is 2.61 bits per heavy atom. The van der Waals surface area contributed by atoms with Crippen molar-refractivity contribution in [1.82, 2.24) is 19.4 Å². The van der Waals surface area contributed by atoms with Gasteiger partial charge in [0.05, 0.1) is 36.7 Å². The molecule has 0 bridgehead atoms. The number of aryl methyl sites for hydroxylation is 2. The molecule has 2 aliphatic rings. The molecule has 192 valence electrons. The summed E-state index contributed by atoms with van der Waals surface area (Å²) in [5.74, 6) is 0.690. The number of rotatable bonds is 8. The number of hydrogen-bond donors (Lipinski definition) is 2. The highest BCUT2D eigenvalue weighted by molar-refractivity contribution is 5.82. The Morgan fingerprint density at radius 2 is 1.86 bits per heavy atom. The van der Waals surface area contributed by atoms with E-state index in [4.69, 9.17) is 4.74 Å². The molecule has 8 heteroatoms. The zero-order valence-corrected chi connectivity index (χ0v) is 21.2. The van der Waals surface area contributed by atoms with Crippen LogP contribution in [0.25, 0.3) is 10.9 Å². The first-order valence-corrected chi connectivity index (χ1v) is 13.3. The third-order valence-electron chi connectivity index (χ3n) is 7.49. The van der Waals surface area contributed by atoms with Crippen molar-refractivity contribution < 1.29 is 9.84 Å². The second-order valence-electron chi connectivity index (χ2n) is 10.2. The van der Waals surface area contributed by atoms with Crippen molar-refractivity contribution in [1.29, 1.82) is 0 Å². The Bertz CT molecular complexity index is 1210. The molecule has 8 nitrogen and oxygen atoms in total. The van der Waals surface area contributed by atoms with Gasteiger partial charge < -0.3 is 19.7 Å². The van der Waals surface area contributed by atoms with Crippen molar-refractivity contribution >= 4 is 22.4 Å². The van der Waals surface area contributed by atoms with Crippen LogP contribution in [0.4, 0.5) is 11.5 Å². The number of morpholine rings is 1. The van der Waals surface area contributed by atoms with Gasteiger partial charge in [0.1, 0.15) is 5.82 Å². The number of unbranched alkanes of at least 4 members (excludes halogenated alkanes) is 1. The monoisotopic (exact) mass is 491 g/mol.